The summed E-state index contributed by atoms with van der Waals surface area (Å²) in [6, 6.07) is 9.57. The molecule has 0 spiro atoms. The van der Waals surface area contributed by atoms with E-state index in [0.717, 1.165) is 23.3 Å². The van der Waals surface area contributed by atoms with Crippen LogP contribution in [0.15, 0.2) is 35.7 Å². The van der Waals surface area contributed by atoms with Crippen LogP contribution in [0.1, 0.15) is 32.3 Å². The second kappa shape index (κ2) is 9.85. The molecule has 2 rings (SSSR count). The van der Waals surface area contributed by atoms with Gasteiger partial charge in [0.2, 0.25) is 10.0 Å². The van der Waals surface area contributed by atoms with Crippen LogP contribution in [-0.4, -0.2) is 57.4 Å². The molecule has 1 saturated heterocycles. The van der Waals surface area contributed by atoms with Gasteiger partial charge in [0.1, 0.15) is 0 Å². The van der Waals surface area contributed by atoms with Gasteiger partial charge >= 0.3 is 0 Å². The molecule has 6 nitrogen and oxygen atoms in total. The first-order chi connectivity index (χ1) is 12.4. The molecule has 0 unspecified atom stereocenters. The van der Waals surface area contributed by atoms with E-state index in [0.29, 0.717) is 32.7 Å². The zero-order chi connectivity index (χ0) is 19.0. The predicted molar refractivity (Wildman–Crippen MR) is 104 cm³/mol. The lowest BCUT2D eigenvalue weighted by Crippen LogP contribution is -3.15. The topological polar surface area (TPSA) is 70.9 Å². The minimum Gasteiger partial charge on any atom is -0.349 e. The van der Waals surface area contributed by atoms with Crippen LogP contribution in [0.3, 0.4) is 0 Å². The van der Waals surface area contributed by atoms with E-state index in [-0.39, 0.29) is 11.9 Å². The van der Waals surface area contributed by atoms with Crippen molar-refractivity contribution < 1.29 is 18.1 Å². The Labute approximate surface area is 156 Å². The van der Waals surface area contributed by atoms with Crippen LogP contribution in [0.4, 0.5) is 0 Å². The van der Waals surface area contributed by atoms with E-state index in [2.05, 4.69) is 12.2 Å². The van der Waals surface area contributed by atoms with Crippen LogP contribution in [0.25, 0.3) is 6.08 Å². The second-order valence-electron chi connectivity index (χ2n) is 6.84. The molecule has 7 heteroatoms. The largest absolute Gasteiger partial charge is 0.349 e. The van der Waals surface area contributed by atoms with Crippen LogP contribution < -0.4 is 10.2 Å². The average Bonchev–Trinajstić information content (AvgIpc) is 2.61. The zero-order valence-corrected chi connectivity index (χ0v) is 16.5. The van der Waals surface area contributed by atoms with Crippen LogP contribution in [0.5, 0.6) is 0 Å². The van der Waals surface area contributed by atoms with Gasteiger partial charge in [0.15, 0.2) is 6.54 Å². The standard InChI is InChI=1S/C19H29N3O3S/c1-3-7-17(2)20-19(23)16-21-11-13-22(14-12-21)26(24,25)15-10-18-8-5-4-6-9-18/h4-6,8-10,15,17H,3,7,11-14,16H2,1-2H3,(H,20,23)/p+1/b15-10+/t17-/m0/s1. The highest BCUT2D eigenvalue weighted by Crippen LogP contribution is 2.08. The molecule has 1 atom stereocenters. The van der Waals surface area contributed by atoms with Gasteiger partial charge in [0.25, 0.3) is 5.91 Å². The van der Waals surface area contributed by atoms with Gasteiger partial charge in [0, 0.05) is 11.4 Å². The number of piperazine rings is 1. The molecule has 0 aromatic heterocycles. The number of quaternary nitrogens is 1. The van der Waals surface area contributed by atoms with E-state index in [9.17, 15) is 13.2 Å². The molecular weight excluding hydrogens is 350 g/mol. The molecule has 1 aromatic rings. The molecule has 1 aliphatic heterocycles. The summed E-state index contributed by atoms with van der Waals surface area (Å²) < 4.78 is 26.4. The molecule has 1 amide bonds. The van der Waals surface area contributed by atoms with Crippen molar-refractivity contribution in [1.29, 1.82) is 0 Å². The lowest BCUT2D eigenvalue weighted by molar-refractivity contribution is -0.895. The number of rotatable bonds is 8. The highest BCUT2D eigenvalue weighted by atomic mass is 32.2. The lowest BCUT2D eigenvalue weighted by atomic mass is 10.2. The van der Waals surface area contributed by atoms with Crippen molar-refractivity contribution in [2.24, 2.45) is 0 Å². The van der Waals surface area contributed by atoms with Crippen molar-refractivity contribution in [3.8, 4) is 0 Å². The first-order valence-electron chi connectivity index (χ1n) is 9.27. The Morgan fingerprint density at radius 3 is 2.54 bits per heavy atom. The van der Waals surface area contributed by atoms with Gasteiger partial charge in [-0.1, -0.05) is 43.7 Å². The van der Waals surface area contributed by atoms with E-state index in [4.69, 9.17) is 0 Å². The van der Waals surface area contributed by atoms with Gasteiger partial charge in [-0.25, -0.2) is 8.42 Å². The molecule has 2 N–H and O–H groups in total. The zero-order valence-electron chi connectivity index (χ0n) is 15.6. The van der Waals surface area contributed by atoms with E-state index >= 15 is 0 Å². The summed E-state index contributed by atoms with van der Waals surface area (Å²) in [5.74, 6) is 0.0428. The molecule has 144 valence electrons. The molecule has 1 fully saturated rings. The summed E-state index contributed by atoms with van der Waals surface area (Å²) in [6.45, 7) is 6.69. The van der Waals surface area contributed by atoms with Crippen molar-refractivity contribution in [3.05, 3.63) is 41.3 Å². The van der Waals surface area contributed by atoms with E-state index in [1.807, 2.05) is 37.3 Å². The highest BCUT2D eigenvalue weighted by Gasteiger charge is 2.28. The molecule has 0 radical (unpaired) electrons. The number of sulfonamides is 1. The third kappa shape index (κ3) is 6.55. The third-order valence-corrected chi connectivity index (χ3v) is 6.13. The van der Waals surface area contributed by atoms with E-state index in [1.54, 1.807) is 6.08 Å². The summed E-state index contributed by atoms with van der Waals surface area (Å²) in [5.41, 5.74) is 0.859. The number of hydrogen-bond acceptors (Lipinski definition) is 3. The summed E-state index contributed by atoms with van der Waals surface area (Å²) in [4.78, 5) is 13.2. The van der Waals surface area contributed by atoms with Crippen LogP contribution in [0.2, 0.25) is 0 Å². The molecule has 1 aliphatic rings. The average molecular weight is 381 g/mol. The Bertz CT molecular complexity index is 696. The normalized spacial score (nSPS) is 18.1. The number of hydrogen-bond donors (Lipinski definition) is 2. The number of nitrogens with zero attached hydrogens (tertiary/aromatic N) is 1. The number of carbonyl (C=O) groups is 1. The Morgan fingerprint density at radius 2 is 1.92 bits per heavy atom. The minimum absolute atomic E-state index is 0.0428. The Morgan fingerprint density at radius 1 is 1.27 bits per heavy atom. The molecule has 26 heavy (non-hydrogen) atoms. The lowest BCUT2D eigenvalue weighted by Gasteiger charge is -2.30. The SMILES string of the molecule is CCC[C@H](C)NC(=O)C[NH+]1CCN(S(=O)(=O)/C=C/c2ccccc2)CC1. The molecule has 0 bridgehead atoms. The van der Waals surface area contributed by atoms with Gasteiger partial charge in [-0.2, -0.15) is 4.31 Å². The Kier molecular flexibility index (Phi) is 7.81. The Hall–Kier alpha value is -1.70. The molecular formula is C19H30N3O3S+. The predicted octanol–water partition coefficient (Wildman–Crippen LogP) is 0.492. The van der Waals surface area contributed by atoms with Crippen molar-refractivity contribution in [1.82, 2.24) is 9.62 Å². The van der Waals surface area contributed by atoms with E-state index in [1.165, 1.54) is 9.71 Å². The molecule has 1 heterocycles. The van der Waals surface area contributed by atoms with Crippen molar-refractivity contribution in [2.45, 2.75) is 32.7 Å². The van der Waals surface area contributed by atoms with Crippen LogP contribution in [-0.2, 0) is 14.8 Å². The summed E-state index contributed by atoms with van der Waals surface area (Å²) in [5, 5.41) is 4.28. The van der Waals surface area contributed by atoms with Crippen LogP contribution >= 0.6 is 0 Å². The van der Waals surface area contributed by atoms with Gasteiger partial charge in [0.05, 0.1) is 26.2 Å². The number of nitrogens with one attached hydrogen (secondary N) is 2. The van der Waals surface area contributed by atoms with Crippen LogP contribution in [0, 0.1) is 0 Å². The second-order valence-corrected chi connectivity index (χ2v) is 8.66. The first-order valence-corrected chi connectivity index (χ1v) is 10.8. The molecule has 0 aliphatic carbocycles. The maximum absolute atomic E-state index is 12.5. The third-order valence-electron chi connectivity index (χ3n) is 4.56. The smallest absolute Gasteiger partial charge is 0.275 e. The number of amides is 1. The fourth-order valence-electron chi connectivity index (χ4n) is 3.11. The summed E-state index contributed by atoms with van der Waals surface area (Å²) in [7, 11) is -3.42. The quantitative estimate of drug-likeness (QED) is 0.690. The van der Waals surface area contributed by atoms with E-state index < -0.39 is 10.0 Å². The fourth-order valence-corrected chi connectivity index (χ4v) is 4.30. The number of carbonyl (C=O) groups excluding carboxylic acids is 1. The molecule has 1 aromatic carbocycles. The highest BCUT2D eigenvalue weighted by molar-refractivity contribution is 7.92. The summed E-state index contributed by atoms with van der Waals surface area (Å²) in [6.07, 6.45) is 3.64. The summed E-state index contributed by atoms with van der Waals surface area (Å²) >= 11 is 0. The number of benzene rings is 1. The van der Waals surface area contributed by atoms with Gasteiger partial charge in [-0.05, 0) is 25.0 Å². The van der Waals surface area contributed by atoms with Gasteiger partial charge in [-0.3, -0.25) is 4.79 Å². The van der Waals surface area contributed by atoms with Gasteiger partial charge in [-0.15, -0.1) is 0 Å². The minimum atomic E-state index is -3.42. The maximum Gasteiger partial charge on any atom is 0.275 e. The Balaban J connectivity index is 1.81. The van der Waals surface area contributed by atoms with Crippen molar-refractivity contribution in [3.63, 3.8) is 0 Å². The van der Waals surface area contributed by atoms with Crippen molar-refractivity contribution >= 4 is 22.0 Å². The first kappa shape index (κ1) is 20.6. The fraction of sp³-hybridized carbons (Fsp3) is 0.526. The molecule has 0 saturated carbocycles. The van der Waals surface area contributed by atoms with Crippen molar-refractivity contribution in [2.75, 3.05) is 32.7 Å². The van der Waals surface area contributed by atoms with Gasteiger partial charge < -0.3 is 10.2 Å². The monoisotopic (exact) mass is 380 g/mol. The maximum atomic E-state index is 12.5.